The largest absolute Gasteiger partial charge is 0.507 e. The van der Waals surface area contributed by atoms with Crippen LogP contribution in [0, 0.1) is 0 Å². The van der Waals surface area contributed by atoms with Crippen LogP contribution in [0.4, 0.5) is 11.4 Å². The number of aromatic nitrogens is 1. The molecule has 1 fully saturated rings. The van der Waals surface area contributed by atoms with E-state index in [4.69, 9.17) is 4.74 Å². The number of carbonyl (C=O) groups is 1. The second-order valence-corrected chi connectivity index (χ2v) is 6.17. The van der Waals surface area contributed by atoms with Gasteiger partial charge in [-0.25, -0.2) is 0 Å². The van der Waals surface area contributed by atoms with E-state index in [2.05, 4.69) is 15.2 Å². The predicted molar refractivity (Wildman–Crippen MR) is 101 cm³/mol. The smallest absolute Gasteiger partial charge is 0.259 e. The van der Waals surface area contributed by atoms with Gasteiger partial charge in [0.15, 0.2) is 0 Å². The van der Waals surface area contributed by atoms with Crippen molar-refractivity contribution >= 4 is 28.2 Å². The minimum absolute atomic E-state index is 0.0621. The van der Waals surface area contributed by atoms with Crippen molar-refractivity contribution in [2.75, 3.05) is 36.5 Å². The number of carbonyl (C=O) groups excluding carboxylic acids is 1. The Kier molecular flexibility index (Phi) is 4.41. The number of phenolic OH excluding ortho intramolecular Hbond substituents is 1. The highest BCUT2D eigenvalue weighted by Crippen LogP contribution is 2.25. The first-order chi connectivity index (χ1) is 12.7. The Morgan fingerprint density at radius 1 is 1.12 bits per heavy atom. The minimum Gasteiger partial charge on any atom is -0.507 e. The number of hydrogen-bond donors (Lipinski definition) is 2. The number of benzene rings is 2. The van der Waals surface area contributed by atoms with Gasteiger partial charge in [-0.05, 0) is 42.5 Å². The van der Waals surface area contributed by atoms with Crippen LogP contribution in [0.2, 0.25) is 0 Å². The van der Waals surface area contributed by atoms with Crippen LogP contribution in [-0.4, -0.2) is 42.3 Å². The number of rotatable bonds is 3. The van der Waals surface area contributed by atoms with Gasteiger partial charge in [-0.3, -0.25) is 9.78 Å². The van der Waals surface area contributed by atoms with Crippen molar-refractivity contribution in [3.63, 3.8) is 0 Å². The van der Waals surface area contributed by atoms with Gasteiger partial charge in [-0.2, -0.15) is 0 Å². The molecule has 1 aliphatic heterocycles. The van der Waals surface area contributed by atoms with E-state index < -0.39 is 0 Å². The van der Waals surface area contributed by atoms with Crippen molar-refractivity contribution in [2.24, 2.45) is 0 Å². The fourth-order valence-electron chi connectivity index (χ4n) is 3.07. The van der Waals surface area contributed by atoms with Crippen LogP contribution >= 0.6 is 0 Å². The van der Waals surface area contributed by atoms with Crippen LogP contribution < -0.4 is 10.2 Å². The van der Waals surface area contributed by atoms with E-state index in [9.17, 15) is 9.90 Å². The Balaban J connectivity index is 1.51. The van der Waals surface area contributed by atoms with Crippen LogP contribution in [0.1, 0.15) is 10.4 Å². The zero-order valence-electron chi connectivity index (χ0n) is 14.2. The molecule has 0 bridgehead atoms. The summed E-state index contributed by atoms with van der Waals surface area (Å²) in [6.07, 6.45) is 1.66. The molecular weight excluding hydrogens is 330 g/mol. The van der Waals surface area contributed by atoms with Gasteiger partial charge in [0.2, 0.25) is 0 Å². The first-order valence-electron chi connectivity index (χ1n) is 8.52. The van der Waals surface area contributed by atoms with Crippen molar-refractivity contribution in [3.8, 4) is 5.75 Å². The molecule has 0 aliphatic carbocycles. The first-order valence-corrected chi connectivity index (χ1v) is 8.52. The summed E-state index contributed by atoms with van der Waals surface area (Å²) in [7, 11) is 0. The van der Waals surface area contributed by atoms with E-state index in [1.807, 2.05) is 30.3 Å². The Bertz CT molecular complexity index is 935. The molecule has 4 rings (SSSR count). The van der Waals surface area contributed by atoms with Crippen molar-refractivity contribution in [1.82, 2.24) is 4.98 Å². The van der Waals surface area contributed by atoms with E-state index in [0.29, 0.717) is 11.2 Å². The van der Waals surface area contributed by atoms with E-state index in [1.54, 1.807) is 24.4 Å². The van der Waals surface area contributed by atoms with Crippen LogP contribution in [0.5, 0.6) is 5.75 Å². The van der Waals surface area contributed by atoms with Gasteiger partial charge in [0.05, 0.1) is 24.3 Å². The van der Waals surface area contributed by atoms with Crippen molar-refractivity contribution < 1.29 is 14.6 Å². The maximum atomic E-state index is 12.5. The van der Waals surface area contributed by atoms with Gasteiger partial charge in [-0.15, -0.1) is 0 Å². The number of hydrogen-bond acceptors (Lipinski definition) is 5. The average molecular weight is 349 g/mol. The van der Waals surface area contributed by atoms with Gasteiger partial charge < -0.3 is 20.1 Å². The second kappa shape index (κ2) is 7.01. The molecule has 0 saturated carbocycles. The maximum absolute atomic E-state index is 12.5. The van der Waals surface area contributed by atoms with Gasteiger partial charge in [0.1, 0.15) is 5.75 Å². The highest BCUT2D eigenvalue weighted by atomic mass is 16.5. The molecule has 2 aromatic carbocycles. The number of morpholine rings is 1. The third-order valence-corrected chi connectivity index (χ3v) is 4.47. The summed E-state index contributed by atoms with van der Waals surface area (Å²) < 4.78 is 5.36. The number of phenols is 1. The molecule has 132 valence electrons. The van der Waals surface area contributed by atoms with Crippen LogP contribution in [0.15, 0.2) is 54.7 Å². The quantitative estimate of drug-likeness (QED) is 0.760. The summed E-state index contributed by atoms with van der Waals surface area (Å²) in [5.41, 5.74) is 2.64. The molecule has 1 saturated heterocycles. The number of fused-ring (bicyclic) bond motifs is 1. The molecule has 2 heterocycles. The van der Waals surface area contributed by atoms with Crippen molar-refractivity contribution in [2.45, 2.75) is 0 Å². The number of pyridine rings is 1. The molecule has 0 atom stereocenters. The fraction of sp³-hybridized carbons (Fsp3) is 0.200. The summed E-state index contributed by atoms with van der Waals surface area (Å²) >= 11 is 0. The molecule has 0 spiro atoms. The molecule has 1 amide bonds. The number of ether oxygens (including phenoxy) is 1. The Morgan fingerprint density at radius 3 is 2.65 bits per heavy atom. The van der Waals surface area contributed by atoms with Gasteiger partial charge in [0, 0.05) is 36.0 Å². The molecule has 6 nitrogen and oxygen atoms in total. The molecule has 0 unspecified atom stereocenters. The highest BCUT2D eigenvalue weighted by molar-refractivity contribution is 6.08. The summed E-state index contributed by atoms with van der Waals surface area (Å²) in [6.45, 7) is 3.19. The summed E-state index contributed by atoms with van der Waals surface area (Å²) in [5.74, 6) is -0.429. The lowest BCUT2D eigenvalue weighted by Gasteiger charge is -2.28. The number of aromatic hydroxyl groups is 1. The Hall–Kier alpha value is -3.12. The fourth-order valence-corrected chi connectivity index (χ4v) is 3.07. The lowest BCUT2D eigenvalue weighted by molar-refractivity contribution is 0.102. The molecular formula is C20H19N3O3. The van der Waals surface area contributed by atoms with E-state index >= 15 is 0 Å². The lowest BCUT2D eigenvalue weighted by atomic mass is 10.1. The second-order valence-electron chi connectivity index (χ2n) is 6.17. The molecule has 1 aromatic heterocycles. The number of amides is 1. The zero-order valence-corrected chi connectivity index (χ0v) is 14.2. The number of nitrogens with one attached hydrogen (secondary N) is 1. The van der Waals surface area contributed by atoms with Crippen molar-refractivity contribution in [1.29, 1.82) is 0 Å². The molecule has 6 heteroatoms. The van der Waals surface area contributed by atoms with Gasteiger partial charge in [0.25, 0.3) is 5.91 Å². The summed E-state index contributed by atoms with van der Waals surface area (Å²) in [6, 6.07) is 14.5. The van der Waals surface area contributed by atoms with E-state index in [0.717, 1.165) is 37.4 Å². The van der Waals surface area contributed by atoms with E-state index in [-0.39, 0.29) is 17.2 Å². The molecule has 3 aromatic rings. The summed E-state index contributed by atoms with van der Waals surface area (Å²) in [4.78, 5) is 19.0. The molecule has 1 aliphatic rings. The van der Waals surface area contributed by atoms with Crippen molar-refractivity contribution in [3.05, 3.63) is 60.3 Å². The van der Waals surface area contributed by atoms with Gasteiger partial charge in [-0.1, -0.05) is 6.07 Å². The topological polar surface area (TPSA) is 74.7 Å². The molecule has 26 heavy (non-hydrogen) atoms. The minimum atomic E-state index is -0.367. The Labute approximate surface area is 151 Å². The molecule has 2 N–H and O–H groups in total. The number of anilines is 2. The average Bonchev–Trinajstić information content (AvgIpc) is 2.68. The lowest BCUT2D eigenvalue weighted by Crippen LogP contribution is -2.36. The van der Waals surface area contributed by atoms with E-state index in [1.165, 1.54) is 0 Å². The van der Waals surface area contributed by atoms with Gasteiger partial charge >= 0.3 is 0 Å². The summed E-state index contributed by atoms with van der Waals surface area (Å²) in [5, 5.41) is 13.8. The maximum Gasteiger partial charge on any atom is 0.259 e. The highest BCUT2D eigenvalue weighted by Gasteiger charge is 2.14. The Morgan fingerprint density at radius 2 is 1.88 bits per heavy atom. The first kappa shape index (κ1) is 16.4. The molecule has 0 radical (unpaired) electrons. The van der Waals surface area contributed by atoms with Crippen LogP contribution in [0.3, 0.4) is 0 Å². The normalized spacial score (nSPS) is 14.4. The van der Waals surface area contributed by atoms with Crippen LogP contribution in [0.25, 0.3) is 10.9 Å². The third kappa shape index (κ3) is 3.32. The third-order valence-electron chi connectivity index (χ3n) is 4.47. The van der Waals surface area contributed by atoms with Crippen LogP contribution in [-0.2, 0) is 4.74 Å². The monoisotopic (exact) mass is 349 g/mol. The SMILES string of the molecule is O=C(Nc1ccc(N2CCOCC2)cc1)c1cc2ncccc2cc1O. The predicted octanol–water partition coefficient (Wildman–Crippen LogP) is 3.03. The standard InChI is InChI=1S/C20H19N3O3/c24-19-12-14-2-1-7-21-18(14)13-17(19)20(25)22-15-3-5-16(6-4-15)23-8-10-26-11-9-23/h1-7,12-13,24H,8-11H2,(H,22,25). The number of nitrogens with zero attached hydrogens (tertiary/aromatic N) is 2. The zero-order chi connectivity index (χ0) is 17.9.